The first-order chi connectivity index (χ1) is 13.1. The van der Waals surface area contributed by atoms with Gasteiger partial charge in [0.25, 0.3) is 0 Å². The summed E-state index contributed by atoms with van der Waals surface area (Å²) in [4.78, 5) is 36.7. The highest BCUT2D eigenvalue weighted by atomic mass is 16.2. The molecule has 2 aromatic rings. The van der Waals surface area contributed by atoms with Crippen LogP contribution in [-0.4, -0.2) is 26.2 Å². The predicted octanol–water partition coefficient (Wildman–Crippen LogP) is 1.76. The number of benzene rings is 1. The molecule has 1 aromatic heterocycles. The van der Waals surface area contributed by atoms with Crippen molar-refractivity contribution in [1.82, 2.24) is 14.3 Å². The fourth-order valence-corrected chi connectivity index (χ4v) is 3.33. The number of aromatic nitrogens is 3. The van der Waals surface area contributed by atoms with Crippen molar-refractivity contribution in [3.8, 4) is 0 Å². The summed E-state index contributed by atoms with van der Waals surface area (Å²) < 4.78 is 2.91. The Morgan fingerprint density at radius 1 is 1.11 bits per heavy atom. The molecular weight excluding hydrogens is 346 g/mol. The highest BCUT2D eigenvalue weighted by molar-refractivity contribution is 5.95. The maximum Gasteiger partial charge on any atom is 0.346 e. The highest BCUT2D eigenvalue weighted by Gasteiger charge is 2.29. The van der Waals surface area contributed by atoms with Crippen LogP contribution in [0.1, 0.15) is 37.9 Å². The van der Waals surface area contributed by atoms with E-state index >= 15 is 0 Å². The molecule has 2 heterocycles. The van der Waals surface area contributed by atoms with Gasteiger partial charge in [-0.1, -0.05) is 12.5 Å². The van der Waals surface area contributed by atoms with Crippen molar-refractivity contribution < 1.29 is 9.59 Å². The molecule has 2 amide bonds. The normalized spacial score (nSPS) is 16.3. The second-order valence-corrected chi connectivity index (χ2v) is 7.21. The molecule has 4 rings (SSSR count). The van der Waals surface area contributed by atoms with E-state index in [0.717, 1.165) is 44.3 Å². The average Bonchev–Trinajstić information content (AvgIpc) is 3.46. The number of fused-ring (bicyclic) bond motifs is 1. The summed E-state index contributed by atoms with van der Waals surface area (Å²) in [5.41, 5.74) is 0.991. The lowest BCUT2D eigenvalue weighted by Gasteiger charge is -2.08. The van der Waals surface area contributed by atoms with Gasteiger partial charge in [0.2, 0.25) is 11.8 Å². The number of carbonyl (C=O) groups excluding carboxylic acids is 2. The molecule has 8 heteroatoms. The molecule has 2 aliphatic rings. The fourth-order valence-electron chi connectivity index (χ4n) is 3.33. The Morgan fingerprint density at radius 2 is 1.89 bits per heavy atom. The number of carbonyl (C=O) groups is 2. The molecule has 1 aromatic carbocycles. The van der Waals surface area contributed by atoms with Gasteiger partial charge in [0.1, 0.15) is 12.4 Å². The maximum atomic E-state index is 12.4. The minimum Gasteiger partial charge on any atom is -0.326 e. The van der Waals surface area contributed by atoms with Crippen molar-refractivity contribution >= 4 is 23.2 Å². The second kappa shape index (κ2) is 7.38. The summed E-state index contributed by atoms with van der Waals surface area (Å²) in [6, 6.07) is 7.01. The molecule has 0 saturated heterocycles. The van der Waals surface area contributed by atoms with Gasteiger partial charge in [-0.2, -0.15) is 5.10 Å². The third kappa shape index (κ3) is 4.10. The molecular formula is C19H23N5O3. The smallest absolute Gasteiger partial charge is 0.326 e. The summed E-state index contributed by atoms with van der Waals surface area (Å²) in [5, 5.41) is 9.95. The van der Waals surface area contributed by atoms with Gasteiger partial charge in [-0.15, -0.1) is 0 Å². The average molecular weight is 369 g/mol. The number of amides is 2. The van der Waals surface area contributed by atoms with Crippen LogP contribution < -0.4 is 16.3 Å². The molecule has 0 spiro atoms. The number of hydrogen-bond acceptors (Lipinski definition) is 4. The van der Waals surface area contributed by atoms with Crippen molar-refractivity contribution in [2.24, 2.45) is 5.92 Å². The van der Waals surface area contributed by atoms with Crippen LogP contribution in [0, 0.1) is 5.92 Å². The van der Waals surface area contributed by atoms with Crippen molar-refractivity contribution in [3.63, 3.8) is 0 Å². The molecule has 2 N–H and O–H groups in total. The van der Waals surface area contributed by atoms with Gasteiger partial charge in [-0.05, 0) is 43.9 Å². The topological polar surface area (TPSA) is 98.0 Å². The van der Waals surface area contributed by atoms with E-state index in [2.05, 4.69) is 15.7 Å². The molecule has 142 valence electrons. The highest BCUT2D eigenvalue weighted by Crippen LogP contribution is 2.30. The van der Waals surface area contributed by atoms with E-state index in [9.17, 15) is 14.4 Å². The Kier molecular flexibility index (Phi) is 4.79. The first-order valence-electron chi connectivity index (χ1n) is 9.47. The number of anilines is 2. The zero-order valence-corrected chi connectivity index (χ0v) is 15.1. The van der Waals surface area contributed by atoms with Gasteiger partial charge < -0.3 is 10.6 Å². The SMILES string of the molecule is O=C(Cn1nc2n(c1=O)CCCCC2)Nc1cccc(NC(=O)C2CC2)c1. The lowest BCUT2D eigenvalue weighted by atomic mass is 10.2. The molecule has 8 nitrogen and oxygen atoms in total. The first kappa shape index (κ1) is 17.5. The van der Waals surface area contributed by atoms with E-state index in [1.165, 1.54) is 4.68 Å². The molecule has 0 bridgehead atoms. The Balaban J connectivity index is 1.41. The first-order valence-corrected chi connectivity index (χ1v) is 9.47. The monoisotopic (exact) mass is 369 g/mol. The fraction of sp³-hybridized carbons (Fsp3) is 0.474. The van der Waals surface area contributed by atoms with Crippen LogP contribution in [0.5, 0.6) is 0 Å². The van der Waals surface area contributed by atoms with E-state index in [1.807, 2.05) is 0 Å². The zero-order chi connectivity index (χ0) is 18.8. The Hall–Kier alpha value is -2.90. The van der Waals surface area contributed by atoms with Crippen molar-refractivity contribution in [2.45, 2.75) is 51.6 Å². The molecule has 1 aliphatic heterocycles. The largest absolute Gasteiger partial charge is 0.346 e. The number of hydrogen-bond donors (Lipinski definition) is 2. The third-order valence-electron chi connectivity index (χ3n) is 4.94. The van der Waals surface area contributed by atoms with Gasteiger partial charge in [0.15, 0.2) is 0 Å². The van der Waals surface area contributed by atoms with Gasteiger partial charge in [0, 0.05) is 30.3 Å². The van der Waals surface area contributed by atoms with E-state index in [1.54, 1.807) is 28.8 Å². The molecule has 0 unspecified atom stereocenters. The van der Waals surface area contributed by atoms with E-state index < -0.39 is 0 Å². The van der Waals surface area contributed by atoms with Gasteiger partial charge in [-0.3, -0.25) is 14.2 Å². The molecule has 1 aliphatic carbocycles. The van der Waals surface area contributed by atoms with E-state index in [-0.39, 0.29) is 30.0 Å². The number of nitrogens with one attached hydrogen (secondary N) is 2. The molecule has 1 saturated carbocycles. The molecule has 27 heavy (non-hydrogen) atoms. The van der Waals surface area contributed by atoms with Crippen LogP contribution in [-0.2, 0) is 29.1 Å². The predicted molar refractivity (Wildman–Crippen MR) is 100 cm³/mol. The Morgan fingerprint density at radius 3 is 2.67 bits per heavy atom. The number of aryl methyl sites for hydroxylation is 1. The lowest BCUT2D eigenvalue weighted by Crippen LogP contribution is -2.30. The minimum atomic E-state index is -0.323. The molecule has 1 fully saturated rings. The van der Waals surface area contributed by atoms with E-state index in [0.29, 0.717) is 17.9 Å². The van der Waals surface area contributed by atoms with Crippen molar-refractivity contribution in [1.29, 1.82) is 0 Å². The summed E-state index contributed by atoms with van der Waals surface area (Å²) in [5.74, 6) is 0.571. The quantitative estimate of drug-likeness (QED) is 0.839. The van der Waals surface area contributed by atoms with Gasteiger partial charge in [0.05, 0.1) is 0 Å². The number of rotatable bonds is 5. The standard InChI is InChI=1S/C19H23N5O3/c25-17(12-24-19(27)23-10-3-1-2-7-16(23)22-24)20-14-5-4-6-15(11-14)21-18(26)13-8-9-13/h4-6,11,13H,1-3,7-10,12H2,(H,20,25)(H,21,26). The van der Waals surface area contributed by atoms with Crippen LogP contribution in [0.3, 0.4) is 0 Å². The third-order valence-corrected chi connectivity index (χ3v) is 4.94. The zero-order valence-electron chi connectivity index (χ0n) is 15.1. The summed E-state index contributed by atoms with van der Waals surface area (Å²) >= 11 is 0. The summed E-state index contributed by atoms with van der Waals surface area (Å²) in [7, 11) is 0. The Labute approximate surface area is 156 Å². The summed E-state index contributed by atoms with van der Waals surface area (Å²) in [6.45, 7) is 0.538. The van der Waals surface area contributed by atoms with Crippen LogP contribution in [0.25, 0.3) is 0 Å². The van der Waals surface area contributed by atoms with Crippen molar-refractivity contribution in [2.75, 3.05) is 10.6 Å². The van der Waals surface area contributed by atoms with Crippen LogP contribution in [0.4, 0.5) is 11.4 Å². The van der Waals surface area contributed by atoms with Gasteiger partial charge >= 0.3 is 5.69 Å². The van der Waals surface area contributed by atoms with Crippen molar-refractivity contribution in [3.05, 3.63) is 40.6 Å². The molecule has 0 radical (unpaired) electrons. The lowest BCUT2D eigenvalue weighted by molar-refractivity contribution is -0.117. The van der Waals surface area contributed by atoms with Crippen LogP contribution >= 0.6 is 0 Å². The Bertz CT molecular complexity index is 926. The van der Waals surface area contributed by atoms with E-state index in [4.69, 9.17) is 0 Å². The minimum absolute atomic E-state index is 0.0181. The molecule has 0 atom stereocenters. The van der Waals surface area contributed by atoms with Crippen LogP contribution in [0.2, 0.25) is 0 Å². The van der Waals surface area contributed by atoms with Gasteiger partial charge in [-0.25, -0.2) is 9.48 Å². The summed E-state index contributed by atoms with van der Waals surface area (Å²) in [6.07, 6.45) is 5.72. The number of nitrogens with zero attached hydrogens (tertiary/aromatic N) is 3. The maximum absolute atomic E-state index is 12.4. The van der Waals surface area contributed by atoms with Crippen LogP contribution in [0.15, 0.2) is 29.1 Å². The second-order valence-electron chi connectivity index (χ2n) is 7.21.